The average molecular weight is 328 g/mol. The van der Waals surface area contributed by atoms with Gasteiger partial charge in [-0.05, 0) is 46.3 Å². The topological polar surface area (TPSA) is 79.9 Å². The zero-order valence-electron chi connectivity index (χ0n) is 10.8. The summed E-state index contributed by atoms with van der Waals surface area (Å²) in [6, 6.07) is 5.89. The first-order valence-corrected chi connectivity index (χ1v) is 6.92. The summed E-state index contributed by atoms with van der Waals surface area (Å²) in [6.45, 7) is 0.813. The molecule has 2 rings (SSSR count). The number of nitrogens with zero attached hydrogens (tertiary/aromatic N) is 1. The van der Waals surface area contributed by atoms with Crippen molar-refractivity contribution < 1.29 is 9.94 Å². The lowest BCUT2D eigenvalue weighted by Gasteiger charge is -2.16. The molecule has 6 heteroatoms. The van der Waals surface area contributed by atoms with Crippen LogP contribution in [0.2, 0.25) is 0 Å². The Bertz CT molecular complexity index is 487. The van der Waals surface area contributed by atoms with Crippen molar-refractivity contribution in [1.82, 2.24) is 0 Å². The molecule has 5 nitrogen and oxygen atoms in total. The minimum absolute atomic E-state index is 0.136. The van der Waals surface area contributed by atoms with Crippen molar-refractivity contribution in [2.45, 2.75) is 19.3 Å². The van der Waals surface area contributed by atoms with Crippen LogP contribution in [-0.2, 0) is 0 Å². The number of nitrogens with one attached hydrogen (secondary N) is 1. The van der Waals surface area contributed by atoms with Crippen LogP contribution in [0.4, 0.5) is 5.69 Å². The van der Waals surface area contributed by atoms with Crippen molar-refractivity contribution in [1.29, 1.82) is 0 Å². The van der Waals surface area contributed by atoms with Crippen LogP contribution in [0.25, 0.3) is 0 Å². The van der Waals surface area contributed by atoms with Crippen molar-refractivity contribution in [2.24, 2.45) is 16.3 Å². The normalized spacial score (nSPS) is 17.1. The van der Waals surface area contributed by atoms with E-state index in [0.29, 0.717) is 12.3 Å². The summed E-state index contributed by atoms with van der Waals surface area (Å²) in [6.07, 6.45) is 2.83. The lowest BCUT2D eigenvalue weighted by Crippen LogP contribution is -2.23. The van der Waals surface area contributed by atoms with Gasteiger partial charge in [-0.25, -0.2) is 0 Å². The number of nitrogens with two attached hydrogens (primary N) is 1. The molecule has 1 fully saturated rings. The van der Waals surface area contributed by atoms with E-state index in [1.807, 2.05) is 18.2 Å². The second-order valence-electron chi connectivity index (χ2n) is 4.97. The molecule has 1 saturated carbocycles. The number of rotatable bonds is 6. The third kappa shape index (κ3) is 3.53. The highest BCUT2D eigenvalue weighted by molar-refractivity contribution is 9.10. The number of oxime groups is 1. The number of benzene rings is 1. The quantitative estimate of drug-likeness (QED) is 0.325. The van der Waals surface area contributed by atoms with Crippen molar-refractivity contribution in [3.63, 3.8) is 0 Å². The van der Waals surface area contributed by atoms with Crippen LogP contribution in [0.3, 0.4) is 0 Å². The van der Waals surface area contributed by atoms with E-state index in [4.69, 9.17) is 15.7 Å². The number of ether oxygens (including phenoxy) is 1. The Labute approximate surface area is 120 Å². The Hall–Kier alpha value is -1.43. The average Bonchev–Trinajstić information content (AvgIpc) is 3.17. The van der Waals surface area contributed by atoms with Crippen LogP contribution in [0, 0.1) is 5.41 Å². The van der Waals surface area contributed by atoms with Gasteiger partial charge in [0, 0.05) is 24.7 Å². The minimum atomic E-state index is 0.136. The summed E-state index contributed by atoms with van der Waals surface area (Å²) in [5.41, 5.74) is 6.72. The van der Waals surface area contributed by atoms with Gasteiger partial charge in [0.15, 0.2) is 0 Å². The SMILES string of the molecule is COc1cc(NCC2(C/C(N)=N/O)CC2)ccc1Br. The maximum Gasteiger partial charge on any atom is 0.139 e. The van der Waals surface area contributed by atoms with E-state index >= 15 is 0 Å². The molecule has 0 atom stereocenters. The lowest BCUT2D eigenvalue weighted by atomic mass is 10.0. The number of hydrogen-bond donors (Lipinski definition) is 3. The number of methoxy groups -OCH3 is 1. The van der Waals surface area contributed by atoms with Gasteiger partial charge >= 0.3 is 0 Å². The van der Waals surface area contributed by atoms with Gasteiger partial charge < -0.3 is 21.0 Å². The van der Waals surface area contributed by atoms with Gasteiger partial charge in [0.2, 0.25) is 0 Å². The van der Waals surface area contributed by atoms with Crippen LogP contribution >= 0.6 is 15.9 Å². The molecule has 0 unspecified atom stereocenters. The fraction of sp³-hybridized carbons (Fsp3) is 0.462. The molecule has 0 aromatic heterocycles. The first-order valence-electron chi connectivity index (χ1n) is 6.12. The predicted octanol–water partition coefficient (Wildman–Crippen LogP) is 2.79. The van der Waals surface area contributed by atoms with Crippen LogP contribution in [0.15, 0.2) is 27.8 Å². The van der Waals surface area contributed by atoms with Gasteiger partial charge in [-0.15, -0.1) is 0 Å². The molecule has 4 N–H and O–H groups in total. The summed E-state index contributed by atoms with van der Waals surface area (Å²) < 4.78 is 6.19. The first-order chi connectivity index (χ1) is 9.08. The summed E-state index contributed by atoms with van der Waals surface area (Å²) in [4.78, 5) is 0. The molecule has 1 aliphatic carbocycles. The van der Waals surface area contributed by atoms with E-state index < -0.39 is 0 Å². The number of anilines is 1. The van der Waals surface area contributed by atoms with Crippen molar-refractivity contribution in [2.75, 3.05) is 19.0 Å². The molecular weight excluding hydrogens is 310 g/mol. The van der Waals surface area contributed by atoms with Gasteiger partial charge in [-0.1, -0.05) is 5.16 Å². The highest BCUT2D eigenvalue weighted by Gasteiger charge is 2.43. The molecule has 0 radical (unpaired) electrons. The molecular formula is C13H18BrN3O2. The van der Waals surface area contributed by atoms with E-state index in [1.54, 1.807) is 7.11 Å². The monoisotopic (exact) mass is 327 g/mol. The summed E-state index contributed by atoms with van der Waals surface area (Å²) in [5, 5.41) is 15.1. The van der Waals surface area contributed by atoms with E-state index in [-0.39, 0.29) is 5.41 Å². The van der Waals surface area contributed by atoms with E-state index in [9.17, 15) is 0 Å². The Kier molecular flexibility index (Phi) is 4.19. The maximum atomic E-state index is 8.63. The Balaban J connectivity index is 1.95. The highest BCUT2D eigenvalue weighted by atomic mass is 79.9. The molecule has 1 aliphatic rings. The van der Waals surface area contributed by atoms with E-state index in [2.05, 4.69) is 26.4 Å². The zero-order chi connectivity index (χ0) is 13.9. The summed E-state index contributed by atoms with van der Waals surface area (Å²) >= 11 is 3.42. The van der Waals surface area contributed by atoms with Crippen LogP contribution < -0.4 is 15.8 Å². The summed E-state index contributed by atoms with van der Waals surface area (Å²) in [7, 11) is 1.64. The fourth-order valence-electron chi connectivity index (χ4n) is 2.07. The van der Waals surface area contributed by atoms with Gasteiger partial charge in [0.25, 0.3) is 0 Å². The Morgan fingerprint density at radius 2 is 2.32 bits per heavy atom. The molecule has 1 aromatic carbocycles. The molecule has 19 heavy (non-hydrogen) atoms. The van der Waals surface area contributed by atoms with Crippen LogP contribution in [-0.4, -0.2) is 24.7 Å². The van der Waals surface area contributed by atoms with Gasteiger partial charge in [-0.2, -0.15) is 0 Å². The van der Waals surface area contributed by atoms with Crippen molar-refractivity contribution in [3.05, 3.63) is 22.7 Å². The second-order valence-corrected chi connectivity index (χ2v) is 5.83. The smallest absolute Gasteiger partial charge is 0.139 e. The van der Waals surface area contributed by atoms with Crippen molar-refractivity contribution in [3.8, 4) is 5.75 Å². The summed E-state index contributed by atoms with van der Waals surface area (Å²) in [5.74, 6) is 1.10. The Morgan fingerprint density at radius 1 is 1.58 bits per heavy atom. The van der Waals surface area contributed by atoms with Crippen molar-refractivity contribution >= 4 is 27.5 Å². The van der Waals surface area contributed by atoms with Crippen LogP contribution in [0.1, 0.15) is 19.3 Å². The molecule has 0 bridgehead atoms. The zero-order valence-corrected chi connectivity index (χ0v) is 12.4. The molecule has 0 amide bonds. The largest absolute Gasteiger partial charge is 0.495 e. The molecule has 0 aliphatic heterocycles. The molecule has 0 heterocycles. The number of amidine groups is 1. The van der Waals surface area contributed by atoms with Gasteiger partial charge in [0.1, 0.15) is 11.6 Å². The lowest BCUT2D eigenvalue weighted by molar-refractivity contribution is 0.315. The molecule has 104 valence electrons. The molecule has 0 saturated heterocycles. The minimum Gasteiger partial charge on any atom is -0.495 e. The van der Waals surface area contributed by atoms with E-state index in [0.717, 1.165) is 35.3 Å². The third-order valence-corrected chi connectivity index (χ3v) is 4.12. The Morgan fingerprint density at radius 3 is 2.89 bits per heavy atom. The van der Waals surface area contributed by atoms with E-state index in [1.165, 1.54) is 0 Å². The first kappa shape index (κ1) is 14.0. The fourth-order valence-corrected chi connectivity index (χ4v) is 2.48. The van der Waals surface area contributed by atoms with Crippen LogP contribution in [0.5, 0.6) is 5.75 Å². The maximum absolute atomic E-state index is 8.63. The highest BCUT2D eigenvalue weighted by Crippen LogP contribution is 2.48. The number of halogens is 1. The second kappa shape index (κ2) is 5.69. The third-order valence-electron chi connectivity index (χ3n) is 3.46. The standard InChI is InChI=1S/C13H18BrN3O2/c1-19-11-6-9(2-3-10(11)14)16-8-13(4-5-13)7-12(15)17-18/h2-3,6,16,18H,4-5,7-8H2,1H3,(H2,15,17). The molecule has 0 spiro atoms. The van der Waals surface area contributed by atoms with Gasteiger partial charge in [-0.3, -0.25) is 0 Å². The molecule has 1 aromatic rings. The van der Waals surface area contributed by atoms with Gasteiger partial charge in [0.05, 0.1) is 11.6 Å². The number of hydrogen-bond acceptors (Lipinski definition) is 4. The predicted molar refractivity (Wildman–Crippen MR) is 78.9 cm³/mol.